The molecular weight excluding hydrogens is 691 g/mol. The molecule has 0 atom stereocenters. The fourth-order valence-corrected chi connectivity index (χ4v) is 9.59. The molecule has 11 aromatic rings. The van der Waals surface area contributed by atoms with Gasteiger partial charge in [0.2, 0.25) is 0 Å². The van der Waals surface area contributed by atoms with Crippen molar-refractivity contribution in [3.8, 4) is 34.0 Å². The van der Waals surface area contributed by atoms with Gasteiger partial charge in [-0.3, -0.25) is 9.56 Å². The van der Waals surface area contributed by atoms with Gasteiger partial charge >= 0.3 is 0 Å². The smallest absolute Gasteiger partial charge is 0.162 e. The number of hydrogen-bond donors (Lipinski definition) is 0. The van der Waals surface area contributed by atoms with Crippen LogP contribution in [0.2, 0.25) is 0 Å². The molecule has 0 amide bonds. The quantitative estimate of drug-likeness (QED) is 0.178. The summed E-state index contributed by atoms with van der Waals surface area (Å²) in [6.07, 6.45) is 3.96. The fourth-order valence-electron chi connectivity index (χ4n) is 8.45. The van der Waals surface area contributed by atoms with Crippen molar-refractivity contribution in [3.63, 3.8) is 0 Å². The number of rotatable bonds is 5. The van der Waals surface area contributed by atoms with E-state index in [-0.39, 0.29) is 0 Å². The molecule has 5 heterocycles. The molecule has 12 rings (SSSR count). The third-order valence-corrected chi connectivity index (χ3v) is 12.1. The number of thiophene rings is 1. The van der Waals surface area contributed by atoms with Crippen LogP contribution in [0.25, 0.3) is 97.9 Å². The maximum atomic E-state index is 5.55. The molecule has 55 heavy (non-hydrogen) atoms. The molecule has 6 heteroatoms. The van der Waals surface area contributed by atoms with E-state index in [1.165, 1.54) is 27.1 Å². The van der Waals surface area contributed by atoms with E-state index >= 15 is 0 Å². The van der Waals surface area contributed by atoms with Gasteiger partial charge in [0.1, 0.15) is 0 Å². The molecule has 256 valence electrons. The first-order valence-corrected chi connectivity index (χ1v) is 19.3. The van der Waals surface area contributed by atoms with Crippen LogP contribution < -0.4 is 0 Å². The van der Waals surface area contributed by atoms with Gasteiger partial charge in [0.15, 0.2) is 11.6 Å². The molecule has 4 aromatic heterocycles. The minimum Gasteiger partial charge on any atom is -0.309 e. The molecule has 7 aromatic carbocycles. The second-order valence-corrected chi connectivity index (χ2v) is 15.1. The maximum absolute atomic E-state index is 5.55. The normalized spacial score (nSPS) is 12.8. The average Bonchev–Trinajstić information content (AvgIpc) is 3.87. The Hall–Kier alpha value is -7.15. The van der Waals surface area contributed by atoms with Gasteiger partial charge in [0.25, 0.3) is 0 Å². The lowest BCUT2D eigenvalue weighted by molar-refractivity contribution is 1.08. The Morgan fingerprint density at radius 2 is 1.05 bits per heavy atom. The van der Waals surface area contributed by atoms with E-state index < -0.39 is 0 Å². The second-order valence-electron chi connectivity index (χ2n) is 14.0. The second kappa shape index (κ2) is 11.7. The molecule has 0 spiro atoms. The van der Waals surface area contributed by atoms with Crippen molar-refractivity contribution >= 4 is 81.0 Å². The maximum Gasteiger partial charge on any atom is 0.162 e. The summed E-state index contributed by atoms with van der Waals surface area (Å²) in [5.41, 5.74) is 12.0. The van der Waals surface area contributed by atoms with Crippen molar-refractivity contribution in [1.82, 2.24) is 19.1 Å². The number of para-hydroxylation sites is 4. The highest BCUT2D eigenvalue weighted by Crippen LogP contribution is 2.44. The van der Waals surface area contributed by atoms with Crippen LogP contribution in [0.5, 0.6) is 0 Å². The van der Waals surface area contributed by atoms with E-state index in [0.29, 0.717) is 5.82 Å². The van der Waals surface area contributed by atoms with Gasteiger partial charge in [-0.25, -0.2) is 9.97 Å². The van der Waals surface area contributed by atoms with Crippen LogP contribution in [0, 0.1) is 0 Å². The van der Waals surface area contributed by atoms with Gasteiger partial charge in [0, 0.05) is 54.6 Å². The van der Waals surface area contributed by atoms with Crippen LogP contribution in [0.15, 0.2) is 181 Å². The molecule has 0 bridgehead atoms. The number of allylic oxidation sites excluding steroid dienone is 1. The fraction of sp³-hybridized carbons (Fsp3) is 0. The summed E-state index contributed by atoms with van der Waals surface area (Å²) in [5, 5.41) is 5.87. The van der Waals surface area contributed by atoms with Gasteiger partial charge in [-0.1, -0.05) is 103 Å². The molecule has 0 aliphatic carbocycles. The molecular formula is C49H29N5S. The molecule has 0 saturated heterocycles. The van der Waals surface area contributed by atoms with Crippen LogP contribution in [0.4, 0.5) is 0 Å². The SMILES string of the molecule is C1=CC(c2cc3sc4c(-n5c6ccccc6c6ccccc65)nc(-c5ccc6c(c5)c5ccccc5n6-c5ccccc5)nc4c3cc2-c2ccccc2)=N1. The zero-order chi connectivity index (χ0) is 36.0. The first-order valence-electron chi connectivity index (χ1n) is 18.4. The van der Waals surface area contributed by atoms with Crippen molar-refractivity contribution in [1.29, 1.82) is 0 Å². The lowest BCUT2D eigenvalue weighted by Crippen LogP contribution is -2.04. The highest BCUT2D eigenvalue weighted by Gasteiger charge is 2.23. The third-order valence-electron chi connectivity index (χ3n) is 11.0. The molecule has 5 nitrogen and oxygen atoms in total. The van der Waals surface area contributed by atoms with Crippen molar-refractivity contribution in [2.24, 2.45) is 4.99 Å². The minimum atomic E-state index is 0.694. The summed E-state index contributed by atoms with van der Waals surface area (Å²) in [4.78, 5) is 15.7. The average molecular weight is 720 g/mol. The largest absolute Gasteiger partial charge is 0.309 e. The Kier molecular flexibility index (Phi) is 6.44. The lowest BCUT2D eigenvalue weighted by Gasteiger charge is -2.13. The van der Waals surface area contributed by atoms with E-state index in [0.717, 1.165) is 76.3 Å². The topological polar surface area (TPSA) is 48.0 Å². The Morgan fingerprint density at radius 1 is 0.455 bits per heavy atom. The van der Waals surface area contributed by atoms with E-state index in [9.17, 15) is 0 Å². The molecule has 0 radical (unpaired) electrons. The number of aliphatic imine (C=N–C) groups is 1. The predicted molar refractivity (Wildman–Crippen MR) is 230 cm³/mol. The summed E-state index contributed by atoms with van der Waals surface area (Å²) in [5.74, 6) is 1.58. The zero-order valence-corrected chi connectivity index (χ0v) is 30.2. The van der Waals surface area contributed by atoms with Crippen LogP contribution in [0.1, 0.15) is 5.56 Å². The first-order chi connectivity index (χ1) is 27.3. The molecule has 0 unspecified atom stereocenters. The summed E-state index contributed by atoms with van der Waals surface area (Å²) in [7, 11) is 0. The van der Waals surface area contributed by atoms with Crippen molar-refractivity contribution < 1.29 is 0 Å². The standard InChI is InChI=1S/C49H29N5S/c1-3-13-30(14-4-1)36-28-39-45(29-37(36)40-25-26-50-40)55-47-46(39)51-48(52-49(47)54-42-21-11-7-17-33(42)34-18-8-12-22-43(34)54)31-23-24-44-38(27-31)35-19-9-10-20-41(35)53(44)32-15-5-2-6-16-32/h1-29H. The van der Waals surface area contributed by atoms with Crippen molar-refractivity contribution in [3.05, 3.63) is 182 Å². The number of hydrogen-bond acceptors (Lipinski definition) is 4. The lowest BCUT2D eigenvalue weighted by atomic mass is 9.94. The van der Waals surface area contributed by atoms with E-state index in [1.54, 1.807) is 11.3 Å². The summed E-state index contributed by atoms with van der Waals surface area (Å²) >= 11 is 1.75. The van der Waals surface area contributed by atoms with E-state index in [2.05, 4.69) is 184 Å². The molecule has 1 aliphatic heterocycles. The number of benzene rings is 7. The minimum absolute atomic E-state index is 0.694. The Labute approximate surface area is 319 Å². The Bertz CT molecular complexity index is 3370. The summed E-state index contributed by atoms with van der Waals surface area (Å²) in [6, 6.07) is 58.4. The van der Waals surface area contributed by atoms with Gasteiger partial charge in [-0.2, -0.15) is 0 Å². The van der Waals surface area contributed by atoms with E-state index in [1.807, 2.05) is 6.20 Å². The van der Waals surface area contributed by atoms with Crippen molar-refractivity contribution in [2.75, 3.05) is 0 Å². The number of fused-ring (bicyclic) bond motifs is 9. The Morgan fingerprint density at radius 3 is 1.73 bits per heavy atom. The van der Waals surface area contributed by atoms with Crippen LogP contribution in [0.3, 0.4) is 0 Å². The van der Waals surface area contributed by atoms with E-state index in [4.69, 9.17) is 9.97 Å². The molecule has 0 fully saturated rings. The first kappa shape index (κ1) is 30.3. The number of aromatic nitrogens is 4. The zero-order valence-electron chi connectivity index (χ0n) is 29.4. The molecule has 0 N–H and O–H groups in total. The van der Waals surface area contributed by atoms with Gasteiger partial charge < -0.3 is 4.57 Å². The third kappa shape index (κ3) is 4.49. The monoisotopic (exact) mass is 719 g/mol. The van der Waals surface area contributed by atoms with Gasteiger partial charge in [-0.05, 0) is 77.9 Å². The van der Waals surface area contributed by atoms with Crippen LogP contribution in [-0.2, 0) is 0 Å². The predicted octanol–water partition coefficient (Wildman–Crippen LogP) is 12.7. The van der Waals surface area contributed by atoms with Gasteiger partial charge in [-0.15, -0.1) is 11.3 Å². The molecule has 1 aliphatic rings. The highest BCUT2D eigenvalue weighted by atomic mass is 32.1. The van der Waals surface area contributed by atoms with Crippen molar-refractivity contribution in [2.45, 2.75) is 0 Å². The number of nitrogens with zero attached hydrogens (tertiary/aromatic N) is 5. The molecule has 0 saturated carbocycles. The summed E-state index contributed by atoms with van der Waals surface area (Å²) < 4.78 is 6.89. The van der Waals surface area contributed by atoms with Crippen LogP contribution >= 0.6 is 11.3 Å². The Balaban J connectivity index is 1.18. The van der Waals surface area contributed by atoms with Crippen LogP contribution in [-0.4, -0.2) is 24.8 Å². The van der Waals surface area contributed by atoms with Gasteiger partial charge in [0.05, 0.1) is 38.0 Å². The highest BCUT2D eigenvalue weighted by molar-refractivity contribution is 7.26. The summed E-state index contributed by atoms with van der Waals surface area (Å²) in [6.45, 7) is 0.